The second kappa shape index (κ2) is 5.70. The van der Waals surface area contributed by atoms with E-state index in [0.717, 1.165) is 25.2 Å². The lowest BCUT2D eigenvalue weighted by Crippen LogP contribution is -2.32. The normalized spacial score (nSPS) is 11.4. The zero-order valence-corrected chi connectivity index (χ0v) is 10.0. The highest BCUT2D eigenvalue weighted by atomic mass is 16.3. The molecule has 90 valence electrons. The van der Waals surface area contributed by atoms with Gasteiger partial charge in [-0.3, -0.25) is 0 Å². The number of nitrogens with one attached hydrogen (secondary N) is 1. The molecule has 0 aliphatic rings. The van der Waals surface area contributed by atoms with Gasteiger partial charge in [0.2, 0.25) is 0 Å². The van der Waals surface area contributed by atoms with Gasteiger partial charge in [0.25, 0.3) is 0 Å². The maximum atomic E-state index is 9.42. The minimum atomic E-state index is -0.0525. The Morgan fingerprint density at radius 2 is 2.06 bits per heavy atom. The van der Waals surface area contributed by atoms with Gasteiger partial charge in [-0.1, -0.05) is 13.8 Å². The maximum absolute atomic E-state index is 9.42. The van der Waals surface area contributed by atoms with E-state index in [4.69, 9.17) is 5.73 Å². The first-order valence-electron chi connectivity index (χ1n) is 5.72. The number of aliphatic hydroxyl groups excluding tert-OH is 1. The van der Waals surface area contributed by atoms with Gasteiger partial charge in [-0.2, -0.15) is 0 Å². The fourth-order valence-electron chi connectivity index (χ4n) is 1.57. The Labute approximate surface area is 96.9 Å². The minimum Gasteiger partial charge on any atom is -0.397 e. The van der Waals surface area contributed by atoms with Gasteiger partial charge in [-0.25, -0.2) is 4.98 Å². The molecule has 1 aromatic rings. The summed E-state index contributed by atoms with van der Waals surface area (Å²) in [5.74, 6) is 0.800. The molecule has 0 fully saturated rings. The maximum Gasteiger partial charge on any atom is 0.126 e. The van der Waals surface area contributed by atoms with Gasteiger partial charge < -0.3 is 16.2 Å². The van der Waals surface area contributed by atoms with Crippen LogP contribution in [0, 0.1) is 5.41 Å². The molecular formula is C12H21N3O. The van der Waals surface area contributed by atoms with E-state index in [1.165, 1.54) is 0 Å². The molecule has 1 rings (SSSR count). The Hall–Kier alpha value is -1.29. The van der Waals surface area contributed by atoms with Crippen LogP contribution in [0.15, 0.2) is 18.3 Å². The van der Waals surface area contributed by atoms with Crippen molar-refractivity contribution in [1.82, 2.24) is 4.98 Å². The summed E-state index contributed by atoms with van der Waals surface area (Å²) in [5.41, 5.74) is 6.16. The van der Waals surface area contributed by atoms with Gasteiger partial charge in [0.15, 0.2) is 0 Å². The average Bonchev–Trinajstić information content (AvgIpc) is 2.34. The molecule has 0 radical (unpaired) electrons. The molecule has 0 amide bonds. The summed E-state index contributed by atoms with van der Waals surface area (Å²) in [6.45, 7) is 5.12. The summed E-state index contributed by atoms with van der Waals surface area (Å²) in [4.78, 5) is 4.17. The standard InChI is InChI=1S/C12H21N3O/c1-3-12(4-2,9-16)8-15-11-6-5-10(13)7-14-11/h5-7,16H,3-4,8-9,13H2,1-2H3,(H,14,15). The van der Waals surface area contributed by atoms with Crippen molar-refractivity contribution >= 4 is 11.5 Å². The summed E-state index contributed by atoms with van der Waals surface area (Å²) in [6, 6.07) is 3.66. The number of hydrogen-bond donors (Lipinski definition) is 3. The molecule has 4 heteroatoms. The zero-order valence-electron chi connectivity index (χ0n) is 10.0. The summed E-state index contributed by atoms with van der Waals surface area (Å²) in [7, 11) is 0. The fourth-order valence-corrected chi connectivity index (χ4v) is 1.57. The number of pyridine rings is 1. The number of nitrogens with zero attached hydrogens (tertiary/aromatic N) is 1. The quantitative estimate of drug-likeness (QED) is 0.688. The molecule has 1 heterocycles. The number of nitrogens with two attached hydrogens (primary N) is 1. The molecule has 4 nitrogen and oxygen atoms in total. The minimum absolute atomic E-state index is 0.0525. The Morgan fingerprint density at radius 1 is 1.38 bits per heavy atom. The molecule has 0 saturated heterocycles. The highest BCUT2D eigenvalue weighted by molar-refractivity contribution is 5.43. The number of nitrogen functional groups attached to an aromatic ring is 1. The van der Waals surface area contributed by atoms with E-state index in [-0.39, 0.29) is 12.0 Å². The van der Waals surface area contributed by atoms with Gasteiger partial charge in [-0.15, -0.1) is 0 Å². The third kappa shape index (κ3) is 3.10. The van der Waals surface area contributed by atoms with Crippen LogP contribution < -0.4 is 11.1 Å². The Kier molecular flexibility index (Phi) is 4.55. The lowest BCUT2D eigenvalue weighted by Gasteiger charge is -2.29. The smallest absolute Gasteiger partial charge is 0.126 e. The van der Waals surface area contributed by atoms with Gasteiger partial charge in [0.05, 0.1) is 18.5 Å². The van der Waals surface area contributed by atoms with E-state index in [1.807, 2.05) is 12.1 Å². The molecule has 4 N–H and O–H groups in total. The first kappa shape index (κ1) is 12.8. The number of anilines is 2. The third-order valence-corrected chi connectivity index (χ3v) is 3.27. The van der Waals surface area contributed by atoms with Crippen LogP contribution in [0.4, 0.5) is 11.5 Å². The van der Waals surface area contributed by atoms with Crippen molar-refractivity contribution in [3.63, 3.8) is 0 Å². The summed E-state index contributed by atoms with van der Waals surface area (Å²) in [5, 5.41) is 12.7. The van der Waals surface area contributed by atoms with Crippen molar-refractivity contribution in [2.75, 3.05) is 24.2 Å². The first-order chi connectivity index (χ1) is 7.65. The molecule has 0 aliphatic heterocycles. The molecule has 1 aromatic heterocycles. The third-order valence-electron chi connectivity index (χ3n) is 3.27. The van der Waals surface area contributed by atoms with E-state index < -0.39 is 0 Å². The van der Waals surface area contributed by atoms with Crippen molar-refractivity contribution in [2.45, 2.75) is 26.7 Å². The zero-order chi connectivity index (χ0) is 12.0. The Bertz CT molecular complexity index is 298. The van der Waals surface area contributed by atoms with Gasteiger partial charge in [0.1, 0.15) is 5.82 Å². The molecule has 0 bridgehead atoms. The molecule has 0 atom stereocenters. The van der Waals surface area contributed by atoms with E-state index in [9.17, 15) is 5.11 Å². The number of aromatic nitrogens is 1. The molecule has 0 saturated carbocycles. The summed E-state index contributed by atoms with van der Waals surface area (Å²) in [6.07, 6.45) is 3.52. The van der Waals surface area contributed by atoms with Crippen molar-refractivity contribution in [3.05, 3.63) is 18.3 Å². The van der Waals surface area contributed by atoms with E-state index >= 15 is 0 Å². The van der Waals surface area contributed by atoms with Crippen molar-refractivity contribution in [3.8, 4) is 0 Å². The molecular weight excluding hydrogens is 202 g/mol. The Balaban J connectivity index is 2.58. The van der Waals surface area contributed by atoms with E-state index in [1.54, 1.807) is 6.20 Å². The van der Waals surface area contributed by atoms with E-state index in [0.29, 0.717) is 5.69 Å². The van der Waals surface area contributed by atoms with Crippen LogP contribution >= 0.6 is 0 Å². The topological polar surface area (TPSA) is 71.2 Å². The number of aliphatic hydroxyl groups is 1. The van der Waals surface area contributed by atoms with Gasteiger partial charge in [0, 0.05) is 12.0 Å². The van der Waals surface area contributed by atoms with Gasteiger partial charge in [-0.05, 0) is 25.0 Å². The lowest BCUT2D eigenvalue weighted by molar-refractivity contribution is 0.127. The van der Waals surface area contributed by atoms with Crippen LogP contribution in [0.25, 0.3) is 0 Å². The first-order valence-corrected chi connectivity index (χ1v) is 5.72. The monoisotopic (exact) mass is 223 g/mol. The van der Waals surface area contributed by atoms with Crippen LogP contribution in [0.1, 0.15) is 26.7 Å². The fraction of sp³-hybridized carbons (Fsp3) is 0.583. The lowest BCUT2D eigenvalue weighted by atomic mass is 9.83. The number of rotatable bonds is 6. The van der Waals surface area contributed by atoms with Crippen molar-refractivity contribution in [2.24, 2.45) is 5.41 Å². The SMILES string of the molecule is CCC(CC)(CO)CNc1ccc(N)cn1. The highest BCUT2D eigenvalue weighted by Gasteiger charge is 2.24. The van der Waals surface area contributed by atoms with Crippen LogP contribution in [-0.2, 0) is 0 Å². The summed E-state index contributed by atoms with van der Waals surface area (Å²) >= 11 is 0. The second-order valence-corrected chi connectivity index (χ2v) is 4.20. The highest BCUT2D eigenvalue weighted by Crippen LogP contribution is 2.25. The molecule has 0 unspecified atom stereocenters. The molecule has 0 aromatic carbocycles. The predicted octanol–water partition coefficient (Wildman–Crippen LogP) is 1.87. The van der Waals surface area contributed by atoms with Crippen LogP contribution in [0.2, 0.25) is 0 Å². The van der Waals surface area contributed by atoms with Gasteiger partial charge >= 0.3 is 0 Å². The molecule has 0 spiro atoms. The second-order valence-electron chi connectivity index (χ2n) is 4.20. The van der Waals surface area contributed by atoms with Crippen LogP contribution in [0.5, 0.6) is 0 Å². The van der Waals surface area contributed by atoms with E-state index in [2.05, 4.69) is 24.1 Å². The number of hydrogen-bond acceptors (Lipinski definition) is 4. The predicted molar refractivity (Wildman–Crippen MR) is 67.2 cm³/mol. The average molecular weight is 223 g/mol. The largest absolute Gasteiger partial charge is 0.397 e. The van der Waals surface area contributed by atoms with Crippen LogP contribution in [-0.4, -0.2) is 23.2 Å². The van der Waals surface area contributed by atoms with Crippen molar-refractivity contribution in [1.29, 1.82) is 0 Å². The van der Waals surface area contributed by atoms with Crippen molar-refractivity contribution < 1.29 is 5.11 Å². The van der Waals surface area contributed by atoms with Crippen LogP contribution in [0.3, 0.4) is 0 Å². The molecule has 16 heavy (non-hydrogen) atoms. The molecule has 0 aliphatic carbocycles. The Morgan fingerprint density at radius 3 is 2.50 bits per heavy atom. The summed E-state index contributed by atoms with van der Waals surface area (Å²) < 4.78 is 0.